The molecule has 0 spiro atoms. The predicted molar refractivity (Wildman–Crippen MR) is 121 cm³/mol. The molecule has 2 aromatic carbocycles. The van der Waals surface area contributed by atoms with E-state index in [4.69, 9.17) is 4.74 Å². The minimum atomic E-state index is -0.696. The summed E-state index contributed by atoms with van der Waals surface area (Å²) in [6.07, 6.45) is 1.73. The maximum Gasteiger partial charge on any atom is 0.314 e. The van der Waals surface area contributed by atoms with Crippen LogP contribution in [0, 0.1) is 10.1 Å². The zero-order chi connectivity index (χ0) is 23.7. The summed E-state index contributed by atoms with van der Waals surface area (Å²) in [5.41, 5.74) is 3.21. The summed E-state index contributed by atoms with van der Waals surface area (Å²) < 4.78 is 5.39. The summed E-state index contributed by atoms with van der Waals surface area (Å²) in [6, 6.07) is 10.9. The highest BCUT2D eigenvalue weighted by molar-refractivity contribution is 6.02. The van der Waals surface area contributed by atoms with Crippen molar-refractivity contribution in [3.05, 3.63) is 74.5 Å². The molecule has 172 valence electrons. The van der Waals surface area contributed by atoms with Gasteiger partial charge in [-0.15, -0.1) is 0 Å². The van der Waals surface area contributed by atoms with Crippen molar-refractivity contribution in [2.75, 3.05) is 6.61 Å². The largest absolute Gasteiger partial charge is 0.500 e. The number of carbonyl (C=O) groups is 2. The molecule has 0 saturated carbocycles. The first-order chi connectivity index (χ1) is 15.8. The number of phenolic OH excluding ortho intramolecular Hbond substituents is 1. The fraction of sp³-hybridized carbons (Fsp3) is 0.360. The molecule has 2 atom stereocenters. The fourth-order valence-electron chi connectivity index (χ4n) is 4.73. The number of aryl methyl sites for hydroxylation is 1. The molecule has 8 nitrogen and oxygen atoms in total. The summed E-state index contributed by atoms with van der Waals surface area (Å²) in [4.78, 5) is 36.7. The number of nitro benzene ring substituents is 1. The molecular formula is C25H26N2O6. The number of allylic oxidation sites excluding steroid dienone is 2. The zero-order valence-corrected chi connectivity index (χ0v) is 18.6. The van der Waals surface area contributed by atoms with Crippen molar-refractivity contribution in [1.82, 2.24) is 5.32 Å². The van der Waals surface area contributed by atoms with E-state index in [0.29, 0.717) is 29.7 Å². The molecule has 0 saturated heterocycles. The van der Waals surface area contributed by atoms with Gasteiger partial charge in [-0.1, -0.05) is 31.2 Å². The quantitative estimate of drug-likeness (QED) is 0.501. The van der Waals surface area contributed by atoms with Gasteiger partial charge in [0.15, 0.2) is 11.5 Å². The van der Waals surface area contributed by atoms with Crippen molar-refractivity contribution in [2.45, 2.75) is 51.4 Å². The molecule has 2 aromatic rings. The van der Waals surface area contributed by atoms with Crippen LogP contribution in [-0.2, 0) is 16.0 Å². The molecule has 0 unspecified atom stereocenters. The number of benzene rings is 2. The molecule has 1 amide bonds. The second-order valence-electron chi connectivity index (χ2n) is 8.40. The normalized spacial score (nSPS) is 20.3. The van der Waals surface area contributed by atoms with Gasteiger partial charge in [0.05, 0.1) is 11.5 Å². The fourth-order valence-corrected chi connectivity index (χ4v) is 4.73. The number of Topliss-reactive ketones (excluding diaryl/α,β-unsaturated/α-hetero) is 1. The van der Waals surface area contributed by atoms with Gasteiger partial charge in [0, 0.05) is 36.1 Å². The van der Waals surface area contributed by atoms with Gasteiger partial charge in [-0.2, -0.15) is 0 Å². The Hall–Kier alpha value is -3.68. The number of nitrogens with zero attached hydrogens (tertiary/aromatic N) is 1. The minimum absolute atomic E-state index is 0.00602. The Kier molecular flexibility index (Phi) is 6.18. The molecule has 0 bridgehead atoms. The van der Waals surface area contributed by atoms with E-state index in [1.807, 2.05) is 12.1 Å². The average Bonchev–Trinajstić information content (AvgIpc) is 2.79. The number of ether oxygens (including phenoxy) is 1. The highest BCUT2D eigenvalue weighted by Crippen LogP contribution is 2.46. The molecule has 1 heterocycles. The van der Waals surface area contributed by atoms with Gasteiger partial charge < -0.3 is 15.2 Å². The van der Waals surface area contributed by atoms with Gasteiger partial charge in [-0.05, 0) is 48.4 Å². The number of phenols is 1. The third kappa shape index (κ3) is 4.33. The minimum Gasteiger partial charge on any atom is -0.500 e. The van der Waals surface area contributed by atoms with Gasteiger partial charge >= 0.3 is 5.69 Å². The number of hydrogen-bond acceptors (Lipinski definition) is 6. The Morgan fingerprint density at radius 3 is 2.45 bits per heavy atom. The summed E-state index contributed by atoms with van der Waals surface area (Å²) in [5, 5.41) is 24.6. The van der Waals surface area contributed by atoms with Crippen molar-refractivity contribution in [3.8, 4) is 11.5 Å². The lowest BCUT2D eigenvalue weighted by Gasteiger charge is -2.34. The van der Waals surface area contributed by atoms with Gasteiger partial charge in [0.1, 0.15) is 0 Å². The third-order valence-electron chi connectivity index (χ3n) is 6.37. The number of nitrogens with one attached hydrogen (secondary N) is 1. The molecule has 1 aliphatic carbocycles. The van der Waals surface area contributed by atoms with E-state index in [1.54, 1.807) is 6.92 Å². The molecule has 2 N–H and O–H groups in total. The highest BCUT2D eigenvalue weighted by atomic mass is 16.6. The predicted octanol–water partition coefficient (Wildman–Crippen LogP) is 4.27. The number of ketones is 1. The highest BCUT2D eigenvalue weighted by Gasteiger charge is 2.39. The lowest BCUT2D eigenvalue weighted by molar-refractivity contribution is -0.386. The van der Waals surface area contributed by atoms with E-state index in [9.17, 15) is 24.8 Å². The van der Waals surface area contributed by atoms with E-state index < -0.39 is 22.3 Å². The Labute approximate surface area is 191 Å². The average molecular weight is 450 g/mol. The van der Waals surface area contributed by atoms with Crippen LogP contribution in [0.1, 0.15) is 61.6 Å². The number of aromatic hydroxyl groups is 1. The van der Waals surface area contributed by atoms with Crippen molar-refractivity contribution in [2.24, 2.45) is 0 Å². The van der Waals surface area contributed by atoms with Crippen LogP contribution in [0.3, 0.4) is 0 Å². The van der Waals surface area contributed by atoms with Gasteiger partial charge in [0.2, 0.25) is 11.7 Å². The van der Waals surface area contributed by atoms with E-state index in [2.05, 4.69) is 24.4 Å². The van der Waals surface area contributed by atoms with E-state index >= 15 is 0 Å². The lowest BCUT2D eigenvalue weighted by Crippen LogP contribution is -2.38. The summed E-state index contributed by atoms with van der Waals surface area (Å²) in [6.45, 7) is 3.98. The zero-order valence-electron chi connectivity index (χ0n) is 18.6. The molecule has 2 aliphatic rings. The van der Waals surface area contributed by atoms with Crippen LogP contribution in [0.5, 0.6) is 11.5 Å². The molecule has 4 rings (SSSR count). The first-order valence-corrected chi connectivity index (χ1v) is 11.1. The number of nitro groups is 1. The van der Waals surface area contributed by atoms with Crippen LogP contribution in [0.25, 0.3) is 0 Å². The van der Waals surface area contributed by atoms with Crippen LogP contribution in [0.4, 0.5) is 5.69 Å². The van der Waals surface area contributed by atoms with Crippen molar-refractivity contribution in [1.29, 1.82) is 0 Å². The van der Waals surface area contributed by atoms with Gasteiger partial charge in [0.25, 0.3) is 0 Å². The van der Waals surface area contributed by atoms with Crippen LogP contribution >= 0.6 is 0 Å². The molecule has 8 heteroatoms. The van der Waals surface area contributed by atoms with Crippen LogP contribution in [0.15, 0.2) is 47.7 Å². The number of carbonyl (C=O) groups excluding carboxylic acids is 2. The standard InChI is InChI=1S/C25H26N2O6/c1-3-14-5-7-15(8-6-14)16-9-19-24(21(28)11-16)18(13-23(29)26-19)17-10-20(27(31)32)25(30)22(12-17)33-4-2/h5-8,10,12,16,18,30H,3-4,9,11,13H2,1-2H3,(H,26,29)/t16-,18+/m0/s1. The summed E-state index contributed by atoms with van der Waals surface area (Å²) in [5.74, 6) is -1.61. The van der Waals surface area contributed by atoms with Crippen LogP contribution < -0.4 is 10.1 Å². The number of hydrogen-bond donors (Lipinski definition) is 2. The Morgan fingerprint density at radius 1 is 1.09 bits per heavy atom. The van der Waals surface area contributed by atoms with Gasteiger partial charge in [-0.3, -0.25) is 19.7 Å². The first-order valence-electron chi connectivity index (χ1n) is 11.1. The molecule has 0 radical (unpaired) electrons. The van der Waals surface area contributed by atoms with Crippen LogP contribution in [-0.4, -0.2) is 28.3 Å². The molecular weight excluding hydrogens is 424 g/mol. The van der Waals surface area contributed by atoms with E-state index in [-0.39, 0.29) is 36.4 Å². The number of rotatable bonds is 6. The monoisotopic (exact) mass is 450 g/mol. The first kappa shape index (κ1) is 22.5. The molecule has 33 heavy (non-hydrogen) atoms. The second kappa shape index (κ2) is 9.05. The maximum atomic E-state index is 13.3. The Balaban J connectivity index is 1.74. The van der Waals surface area contributed by atoms with Crippen molar-refractivity contribution < 1.29 is 24.4 Å². The van der Waals surface area contributed by atoms with Crippen LogP contribution in [0.2, 0.25) is 0 Å². The number of amides is 1. The maximum absolute atomic E-state index is 13.3. The molecule has 0 fully saturated rings. The topological polar surface area (TPSA) is 119 Å². The van der Waals surface area contributed by atoms with Crippen molar-refractivity contribution >= 4 is 17.4 Å². The van der Waals surface area contributed by atoms with Crippen molar-refractivity contribution in [3.63, 3.8) is 0 Å². The summed E-state index contributed by atoms with van der Waals surface area (Å²) >= 11 is 0. The smallest absolute Gasteiger partial charge is 0.314 e. The SMILES string of the molecule is CCOc1cc([C@H]2CC(=O)NC3=C2C(=O)C[C@@H](c2ccc(CC)cc2)C3)cc([N+](=O)[O-])c1O. The van der Waals surface area contributed by atoms with E-state index in [1.165, 1.54) is 17.7 Å². The Morgan fingerprint density at radius 2 is 1.82 bits per heavy atom. The summed E-state index contributed by atoms with van der Waals surface area (Å²) in [7, 11) is 0. The van der Waals surface area contributed by atoms with E-state index in [0.717, 1.165) is 12.0 Å². The van der Waals surface area contributed by atoms with Gasteiger partial charge in [-0.25, -0.2) is 0 Å². The molecule has 0 aromatic heterocycles. The molecule has 1 aliphatic heterocycles. The third-order valence-corrected chi connectivity index (χ3v) is 6.37. The Bertz CT molecular complexity index is 1150. The lowest BCUT2D eigenvalue weighted by atomic mass is 9.73. The second-order valence-corrected chi connectivity index (χ2v) is 8.40.